The summed E-state index contributed by atoms with van der Waals surface area (Å²) in [5.74, 6) is -1.53. The number of nitrogens with zero attached hydrogens (tertiary/aromatic N) is 2. The number of ether oxygens (including phenoxy) is 3. The largest absolute Gasteiger partial charge is 0.465 e. The third-order valence-corrected chi connectivity index (χ3v) is 4.35. The summed E-state index contributed by atoms with van der Waals surface area (Å²) in [5.41, 5.74) is 0.387. The summed E-state index contributed by atoms with van der Waals surface area (Å²) in [6, 6.07) is 10.6. The number of non-ortho nitro benzene ring substituents is 1. The number of amides is 1. The number of anilines is 1. The average Bonchev–Trinajstić information content (AvgIpc) is 2.84. The van der Waals surface area contributed by atoms with Gasteiger partial charge in [0.25, 0.3) is 11.6 Å². The van der Waals surface area contributed by atoms with Gasteiger partial charge in [0.15, 0.2) is 5.75 Å². The van der Waals surface area contributed by atoms with Gasteiger partial charge in [0.1, 0.15) is 5.75 Å². The second-order valence-corrected chi connectivity index (χ2v) is 6.46. The molecule has 3 aromatic rings. The highest BCUT2D eigenvalue weighted by atomic mass is 16.6. The molecule has 11 nitrogen and oxygen atoms in total. The fourth-order valence-corrected chi connectivity index (χ4v) is 2.72. The van der Waals surface area contributed by atoms with Crippen LogP contribution in [-0.4, -0.2) is 42.0 Å². The van der Waals surface area contributed by atoms with E-state index in [1.165, 1.54) is 75.1 Å². The molecule has 168 valence electrons. The molecule has 33 heavy (non-hydrogen) atoms. The lowest BCUT2D eigenvalue weighted by molar-refractivity contribution is -0.384. The molecular formula is C22H17N3O8. The minimum Gasteiger partial charge on any atom is -0.465 e. The summed E-state index contributed by atoms with van der Waals surface area (Å²) >= 11 is 0. The van der Waals surface area contributed by atoms with Crippen molar-refractivity contribution in [1.82, 2.24) is 4.98 Å². The Bertz CT molecular complexity index is 1220. The third kappa shape index (κ3) is 5.47. The number of hydrogen-bond donors (Lipinski definition) is 1. The smallest absolute Gasteiger partial charge is 0.339 e. The molecule has 0 aliphatic heterocycles. The van der Waals surface area contributed by atoms with Crippen molar-refractivity contribution in [1.29, 1.82) is 0 Å². The maximum absolute atomic E-state index is 12.7. The zero-order valence-electron chi connectivity index (χ0n) is 17.4. The number of methoxy groups -OCH3 is 2. The van der Waals surface area contributed by atoms with Crippen molar-refractivity contribution < 1.29 is 33.5 Å². The standard InChI is InChI=1S/C22H17N3O8/c1-31-21(27)14-5-8-19(33-17-9-15(11-23-12-17)22(28)32-2)18(10-14)24-20(26)13-3-6-16(7-4-13)25(29)30/h3-12H,1-2H3,(H,24,26). The SMILES string of the molecule is COC(=O)c1cncc(Oc2ccc(C(=O)OC)cc2NC(=O)c2ccc([N+](=O)[O-])cc2)c1. The first-order valence-corrected chi connectivity index (χ1v) is 9.31. The van der Waals surface area contributed by atoms with Crippen molar-refractivity contribution >= 4 is 29.2 Å². The van der Waals surface area contributed by atoms with Crippen LogP contribution in [0.25, 0.3) is 0 Å². The van der Waals surface area contributed by atoms with Crippen LogP contribution in [0.4, 0.5) is 11.4 Å². The first kappa shape index (κ1) is 22.9. The van der Waals surface area contributed by atoms with Gasteiger partial charge in [0, 0.05) is 23.9 Å². The fraction of sp³-hybridized carbons (Fsp3) is 0.0909. The highest BCUT2D eigenvalue weighted by molar-refractivity contribution is 6.06. The van der Waals surface area contributed by atoms with Gasteiger partial charge in [-0.25, -0.2) is 9.59 Å². The van der Waals surface area contributed by atoms with Gasteiger partial charge >= 0.3 is 11.9 Å². The van der Waals surface area contributed by atoms with Crippen LogP contribution >= 0.6 is 0 Å². The van der Waals surface area contributed by atoms with E-state index in [2.05, 4.69) is 15.0 Å². The Hall–Kier alpha value is -4.80. The molecule has 0 fully saturated rings. The van der Waals surface area contributed by atoms with Crippen LogP contribution in [0.1, 0.15) is 31.1 Å². The Labute approximate surface area is 187 Å². The Kier molecular flexibility index (Phi) is 6.94. The molecule has 0 bridgehead atoms. The summed E-state index contributed by atoms with van der Waals surface area (Å²) in [4.78, 5) is 50.6. The van der Waals surface area contributed by atoms with Gasteiger partial charge < -0.3 is 19.5 Å². The van der Waals surface area contributed by atoms with Crippen LogP contribution in [0, 0.1) is 10.1 Å². The molecule has 0 spiro atoms. The molecule has 0 saturated heterocycles. The van der Waals surface area contributed by atoms with Gasteiger partial charge in [-0.1, -0.05) is 0 Å². The lowest BCUT2D eigenvalue weighted by Gasteiger charge is -2.14. The monoisotopic (exact) mass is 451 g/mol. The minimum atomic E-state index is -0.637. The molecule has 1 N–H and O–H groups in total. The predicted octanol–water partition coefficient (Wildman–Crippen LogP) is 3.61. The number of aromatic nitrogens is 1. The van der Waals surface area contributed by atoms with E-state index >= 15 is 0 Å². The van der Waals surface area contributed by atoms with Crippen LogP contribution < -0.4 is 10.1 Å². The predicted molar refractivity (Wildman–Crippen MR) is 114 cm³/mol. The molecule has 0 radical (unpaired) electrons. The summed E-state index contributed by atoms with van der Waals surface area (Å²) in [7, 11) is 2.44. The molecule has 0 aliphatic rings. The molecule has 0 unspecified atom stereocenters. The van der Waals surface area contributed by atoms with E-state index in [9.17, 15) is 24.5 Å². The second kappa shape index (κ2) is 10.0. The summed E-state index contributed by atoms with van der Waals surface area (Å²) in [6.07, 6.45) is 2.65. The maximum atomic E-state index is 12.7. The van der Waals surface area contributed by atoms with Crippen LogP contribution in [0.3, 0.4) is 0 Å². The van der Waals surface area contributed by atoms with E-state index in [0.29, 0.717) is 0 Å². The topological polar surface area (TPSA) is 147 Å². The molecule has 0 atom stereocenters. The zero-order chi connectivity index (χ0) is 24.0. The number of nitro benzene ring substituents is 1. The highest BCUT2D eigenvalue weighted by Crippen LogP contribution is 2.31. The molecule has 2 aromatic carbocycles. The van der Waals surface area contributed by atoms with E-state index in [0.717, 1.165) is 0 Å². The number of carbonyl (C=O) groups is 3. The molecule has 3 rings (SSSR count). The number of rotatable bonds is 7. The number of nitro groups is 1. The van der Waals surface area contributed by atoms with Crippen molar-refractivity contribution in [2.75, 3.05) is 19.5 Å². The van der Waals surface area contributed by atoms with Gasteiger partial charge in [0.2, 0.25) is 0 Å². The van der Waals surface area contributed by atoms with Gasteiger partial charge in [-0.05, 0) is 36.4 Å². The third-order valence-electron chi connectivity index (χ3n) is 4.35. The number of carbonyl (C=O) groups excluding carboxylic acids is 3. The summed E-state index contributed by atoms with van der Waals surface area (Å²) < 4.78 is 15.1. The molecule has 1 amide bonds. The average molecular weight is 451 g/mol. The molecule has 1 heterocycles. The van der Waals surface area contributed by atoms with Gasteiger partial charge in [0.05, 0.1) is 42.2 Å². The van der Waals surface area contributed by atoms with Crippen LogP contribution in [0.2, 0.25) is 0 Å². The first-order chi connectivity index (χ1) is 15.8. The first-order valence-electron chi connectivity index (χ1n) is 9.31. The second-order valence-electron chi connectivity index (χ2n) is 6.46. The number of esters is 2. The summed E-state index contributed by atoms with van der Waals surface area (Å²) in [6.45, 7) is 0. The molecule has 0 saturated carbocycles. The van der Waals surface area contributed by atoms with Crippen molar-refractivity contribution in [2.45, 2.75) is 0 Å². The molecule has 1 aromatic heterocycles. The van der Waals surface area contributed by atoms with Crippen molar-refractivity contribution in [2.24, 2.45) is 0 Å². The van der Waals surface area contributed by atoms with E-state index in [1.807, 2.05) is 0 Å². The van der Waals surface area contributed by atoms with Crippen molar-refractivity contribution in [3.63, 3.8) is 0 Å². The quantitative estimate of drug-likeness (QED) is 0.323. The van der Waals surface area contributed by atoms with E-state index in [4.69, 9.17) is 9.47 Å². The van der Waals surface area contributed by atoms with Gasteiger partial charge in [-0.3, -0.25) is 19.9 Å². The van der Waals surface area contributed by atoms with Crippen LogP contribution in [0.15, 0.2) is 60.9 Å². The minimum absolute atomic E-state index is 0.115. The molecule has 11 heteroatoms. The van der Waals surface area contributed by atoms with Crippen molar-refractivity contribution in [3.8, 4) is 11.5 Å². The van der Waals surface area contributed by atoms with Crippen molar-refractivity contribution in [3.05, 3.63) is 87.7 Å². The van der Waals surface area contributed by atoms with Gasteiger partial charge in [-0.15, -0.1) is 0 Å². The fourth-order valence-electron chi connectivity index (χ4n) is 2.72. The Balaban J connectivity index is 1.93. The highest BCUT2D eigenvalue weighted by Gasteiger charge is 2.17. The molecular weight excluding hydrogens is 434 g/mol. The number of benzene rings is 2. The number of nitrogens with one attached hydrogen (secondary N) is 1. The van der Waals surface area contributed by atoms with Crippen LogP contribution in [-0.2, 0) is 9.47 Å². The normalized spacial score (nSPS) is 10.1. The maximum Gasteiger partial charge on any atom is 0.339 e. The van der Waals surface area contributed by atoms with Gasteiger partial charge in [-0.2, -0.15) is 0 Å². The van der Waals surface area contributed by atoms with Crippen LogP contribution in [0.5, 0.6) is 11.5 Å². The lowest BCUT2D eigenvalue weighted by Crippen LogP contribution is -2.13. The Morgan fingerprint density at radius 3 is 2.15 bits per heavy atom. The molecule has 0 aliphatic carbocycles. The zero-order valence-corrected chi connectivity index (χ0v) is 17.4. The van der Waals surface area contributed by atoms with E-state index < -0.39 is 22.8 Å². The Morgan fingerprint density at radius 1 is 0.879 bits per heavy atom. The Morgan fingerprint density at radius 2 is 1.52 bits per heavy atom. The number of pyridine rings is 1. The number of hydrogen-bond acceptors (Lipinski definition) is 9. The lowest BCUT2D eigenvalue weighted by atomic mass is 10.1. The summed E-state index contributed by atoms with van der Waals surface area (Å²) in [5, 5.41) is 13.4. The van der Waals surface area contributed by atoms with E-state index in [1.54, 1.807) is 0 Å². The van der Waals surface area contributed by atoms with E-state index in [-0.39, 0.29) is 39.6 Å².